The Morgan fingerprint density at radius 1 is 1.56 bits per heavy atom. The Bertz CT molecular complexity index is 441. The van der Waals surface area contributed by atoms with Crippen molar-refractivity contribution in [2.24, 2.45) is 0 Å². The van der Waals surface area contributed by atoms with Crippen molar-refractivity contribution in [2.75, 3.05) is 13.7 Å². The molecule has 1 heterocycles. The van der Waals surface area contributed by atoms with Gasteiger partial charge in [0.15, 0.2) is 0 Å². The van der Waals surface area contributed by atoms with Crippen LogP contribution in [-0.2, 0) is 16.0 Å². The van der Waals surface area contributed by atoms with E-state index >= 15 is 0 Å². The molecule has 100 valence electrons. The quantitative estimate of drug-likeness (QED) is 0.454. The number of alkyl halides is 2. The van der Waals surface area contributed by atoms with Gasteiger partial charge in [-0.15, -0.1) is 0 Å². The first kappa shape index (κ1) is 15.1. The van der Waals surface area contributed by atoms with E-state index in [4.69, 9.17) is 9.47 Å². The molecule has 4 nitrogen and oxygen atoms in total. The van der Waals surface area contributed by atoms with Gasteiger partial charge in [0.2, 0.25) is 0 Å². The zero-order valence-corrected chi connectivity index (χ0v) is 12.0. The summed E-state index contributed by atoms with van der Waals surface area (Å²) >= 11 is 1.81. The molecular weight excluding hydrogens is 359 g/mol. The third-order valence-corrected chi connectivity index (χ3v) is 2.69. The molecule has 0 aliphatic carbocycles. The van der Waals surface area contributed by atoms with Crippen LogP contribution < -0.4 is 4.74 Å². The number of aromatic nitrogens is 1. The van der Waals surface area contributed by atoms with Gasteiger partial charge in [-0.25, -0.2) is 13.8 Å². The summed E-state index contributed by atoms with van der Waals surface area (Å²) in [7, 11) is 1.36. The fourth-order valence-corrected chi connectivity index (χ4v) is 1.98. The van der Waals surface area contributed by atoms with Crippen LogP contribution in [0, 0.1) is 3.70 Å². The third-order valence-electron chi connectivity index (χ3n) is 2.14. The fraction of sp³-hybridized carbons (Fsp3) is 0.455. The fourth-order valence-electron chi connectivity index (χ4n) is 1.43. The second kappa shape index (κ2) is 6.81. The second-order valence-corrected chi connectivity index (χ2v) is 4.40. The Balaban J connectivity index is 3.16. The monoisotopic (exact) mass is 371 g/mol. The number of halogens is 3. The summed E-state index contributed by atoms with van der Waals surface area (Å²) in [5.74, 6) is -0.363. The molecule has 0 aliphatic heterocycles. The molecule has 0 amide bonds. The predicted octanol–water partition coefficient (Wildman–Crippen LogP) is 2.74. The van der Waals surface area contributed by atoms with Gasteiger partial charge in [-0.05, 0) is 29.5 Å². The molecule has 18 heavy (non-hydrogen) atoms. The predicted molar refractivity (Wildman–Crippen MR) is 68.8 cm³/mol. The smallest absolute Gasteiger partial charge is 0.310 e. The van der Waals surface area contributed by atoms with E-state index in [9.17, 15) is 13.6 Å². The highest BCUT2D eigenvalue weighted by Crippen LogP contribution is 2.30. The van der Waals surface area contributed by atoms with Gasteiger partial charge in [-0.1, -0.05) is 0 Å². The second-order valence-electron chi connectivity index (χ2n) is 3.29. The van der Waals surface area contributed by atoms with Gasteiger partial charge in [0, 0.05) is 11.6 Å². The maximum absolute atomic E-state index is 12.9. The summed E-state index contributed by atoms with van der Waals surface area (Å²) in [4.78, 5) is 15.1. The van der Waals surface area contributed by atoms with Crippen LogP contribution >= 0.6 is 22.6 Å². The molecule has 0 bridgehead atoms. The van der Waals surface area contributed by atoms with E-state index in [0.29, 0.717) is 3.70 Å². The number of carbonyl (C=O) groups excluding carboxylic acids is 1. The summed E-state index contributed by atoms with van der Waals surface area (Å²) < 4.78 is 35.9. The number of nitrogens with zero attached hydrogens (tertiary/aromatic N) is 1. The lowest BCUT2D eigenvalue weighted by Gasteiger charge is -2.13. The number of hydrogen-bond donors (Lipinski definition) is 0. The van der Waals surface area contributed by atoms with Crippen molar-refractivity contribution in [3.05, 3.63) is 21.0 Å². The van der Waals surface area contributed by atoms with Crippen LogP contribution in [-0.4, -0.2) is 24.7 Å². The number of pyridine rings is 1. The van der Waals surface area contributed by atoms with E-state index in [2.05, 4.69) is 4.98 Å². The lowest BCUT2D eigenvalue weighted by atomic mass is 10.1. The maximum atomic E-state index is 12.9. The zero-order valence-electron chi connectivity index (χ0n) is 9.87. The SMILES string of the molecule is CCOC(=O)Cc1c(OC)cc(I)nc1C(F)F. The van der Waals surface area contributed by atoms with Gasteiger partial charge in [0.05, 0.1) is 20.1 Å². The standard InChI is InChI=1S/C11H12F2INO3/c1-3-18-9(16)4-6-7(17-2)5-8(14)15-10(6)11(12)13/h5,11H,3-4H2,1-2H3. The Morgan fingerprint density at radius 3 is 2.72 bits per heavy atom. The topological polar surface area (TPSA) is 48.4 Å². The van der Waals surface area contributed by atoms with Crippen molar-refractivity contribution in [1.29, 1.82) is 0 Å². The van der Waals surface area contributed by atoms with Crippen molar-refractivity contribution in [3.8, 4) is 5.75 Å². The van der Waals surface area contributed by atoms with Gasteiger partial charge < -0.3 is 9.47 Å². The van der Waals surface area contributed by atoms with Crippen LogP contribution in [0.3, 0.4) is 0 Å². The van der Waals surface area contributed by atoms with Gasteiger partial charge in [0.1, 0.15) is 15.1 Å². The van der Waals surface area contributed by atoms with Gasteiger partial charge in [-0.3, -0.25) is 4.79 Å². The molecule has 0 unspecified atom stereocenters. The molecule has 0 aliphatic rings. The van der Waals surface area contributed by atoms with E-state index < -0.39 is 18.1 Å². The number of methoxy groups -OCH3 is 1. The molecule has 1 aromatic rings. The Labute approximate surface area is 117 Å². The molecule has 0 aromatic carbocycles. The van der Waals surface area contributed by atoms with Crippen LogP contribution in [0.2, 0.25) is 0 Å². The van der Waals surface area contributed by atoms with Crippen LogP contribution in [0.5, 0.6) is 5.75 Å². The first-order valence-electron chi connectivity index (χ1n) is 5.16. The average molecular weight is 371 g/mol. The number of esters is 1. The van der Waals surface area contributed by atoms with E-state index in [0.717, 1.165) is 0 Å². The molecular formula is C11H12F2INO3. The third kappa shape index (κ3) is 3.76. The van der Waals surface area contributed by atoms with Crippen molar-refractivity contribution in [1.82, 2.24) is 4.98 Å². The largest absolute Gasteiger partial charge is 0.496 e. The average Bonchev–Trinajstić information content (AvgIpc) is 2.30. The van der Waals surface area contributed by atoms with E-state index in [1.807, 2.05) is 22.6 Å². The van der Waals surface area contributed by atoms with Gasteiger partial charge >= 0.3 is 5.97 Å². The first-order valence-corrected chi connectivity index (χ1v) is 6.24. The van der Waals surface area contributed by atoms with Crippen LogP contribution in [0.4, 0.5) is 8.78 Å². The Kier molecular flexibility index (Phi) is 5.70. The molecule has 7 heteroatoms. The number of ether oxygens (including phenoxy) is 2. The molecule has 0 saturated carbocycles. The van der Waals surface area contributed by atoms with Crippen molar-refractivity contribution < 1.29 is 23.0 Å². The highest BCUT2D eigenvalue weighted by atomic mass is 127. The lowest BCUT2D eigenvalue weighted by Crippen LogP contribution is -2.12. The molecule has 0 radical (unpaired) electrons. The highest BCUT2D eigenvalue weighted by molar-refractivity contribution is 14.1. The zero-order chi connectivity index (χ0) is 13.7. The molecule has 1 rings (SSSR count). The Hall–Kier alpha value is -0.990. The molecule has 0 fully saturated rings. The van der Waals surface area contributed by atoms with Crippen LogP contribution in [0.25, 0.3) is 0 Å². The van der Waals surface area contributed by atoms with Crippen molar-refractivity contribution in [2.45, 2.75) is 19.8 Å². The number of carbonyl (C=O) groups is 1. The number of hydrogen-bond acceptors (Lipinski definition) is 4. The summed E-state index contributed by atoms with van der Waals surface area (Å²) in [6, 6.07) is 1.50. The lowest BCUT2D eigenvalue weighted by molar-refractivity contribution is -0.142. The molecule has 0 saturated heterocycles. The molecule has 0 N–H and O–H groups in total. The minimum absolute atomic E-state index is 0.0753. The molecule has 0 atom stereocenters. The van der Waals surface area contributed by atoms with Gasteiger partial charge in [0.25, 0.3) is 6.43 Å². The minimum Gasteiger partial charge on any atom is -0.496 e. The maximum Gasteiger partial charge on any atom is 0.310 e. The van der Waals surface area contributed by atoms with Crippen molar-refractivity contribution in [3.63, 3.8) is 0 Å². The molecule has 1 aromatic heterocycles. The normalized spacial score (nSPS) is 10.6. The van der Waals surface area contributed by atoms with Crippen LogP contribution in [0.15, 0.2) is 6.07 Å². The van der Waals surface area contributed by atoms with Gasteiger partial charge in [-0.2, -0.15) is 0 Å². The van der Waals surface area contributed by atoms with E-state index in [-0.39, 0.29) is 24.3 Å². The minimum atomic E-state index is -2.77. The van der Waals surface area contributed by atoms with E-state index in [1.165, 1.54) is 13.2 Å². The summed E-state index contributed by atoms with van der Waals surface area (Å²) in [5, 5.41) is 0. The van der Waals surface area contributed by atoms with Crippen LogP contribution in [0.1, 0.15) is 24.6 Å². The molecule has 0 spiro atoms. The Morgan fingerprint density at radius 2 is 2.22 bits per heavy atom. The number of rotatable bonds is 5. The first-order chi connectivity index (χ1) is 8.49. The highest BCUT2D eigenvalue weighted by Gasteiger charge is 2.22. The summed E-state index contributed by atoms with van der Waals surface area (Å²) in [6.07, 6.45) is -3.04. The summed E-state index contributed by atoms with van der Waals surface area (Å²) in [6.45, 7) is 1.85. The van der Waals surface area contributed by atoms with E-state index in [1.54, 1.807) is 6.92 Å². The summed E-state index contributed by atoms with van der Waals surface area (Å²) in [5.41, 5.74) is -0.363. The van der Waals surface area contributed by atoms with Crippen molar-refractivity contribution >= 4 is 28.6 Å².